The fraction of sp³-hybridized carbons (Fsp3) is 0.688. The number of halogens is 1. The van der Waals surface area contributed by atoms with Crippen molar-refractivity contribution >= 4 is 15.9 Å². The highest BCUT2D eigenvalue weighted by molar-refractivity contribution is 9.10. The van der Waals surface area contributed by atoms with Crippen LogP contribution in [0.15, 0.2) is 22.8 Å². The van der Waals surface area contributed by atoms with Gasteiger partial charge in [0.05, 0.1) is 0 Å². The van der Waals surface area contributed by atoms with Crippen LogP contribution in [0.2, 0.25) is 0 Å². The minimum absolute atomic E-state index is 0.320. The van der Waals surface area contributed by atoms with Crippen molar-refractivity contribution in [1.29, 1.82) is 0 Å². The van der Waals surface area contributed by atoms with Crippen molar-refractivity contribution < 1.29 is 0 Å². The van der Waals surface area contributed by atoms with Gasteiger partial charge in [0.15, 0.2) is 0 Å². The van der Waals surface area contributed by atoms with E-state index in [-0.39, 0.29) is 0 Å². The fourth-order valence-electron chi connectivity index (χ4n) is 3.78. The van der Waals surface area contributed by atoms with Crippen molar-refractivity contribution in [2.24, 2.45) is 17.2 Å². The minimum atomic E-state index is 0.320. The molecule has 1 atom stereocenters. The second-order valence-corrected chi connectivity index (χ2v) is 7.47. The predicted molar refractivity (Wildman–Crippen MR) is 87.1 cm³/mol. The molecule has 1 aromatic rings. The van der Waals surface area contributed by atoms with Gasteiger partial charge in [0.25, 0.3) is 0 Å². The van der Waals surface area contributed by atoms with E-state index >= 15 is 0 Å². The van der Waals surface area contributed by atoms with Crippen molar-refractivity contribution in [3.63, 3.8) is 0 Å². The maximum Gasteiger partial charge on any atom is 0.0420 e. The van der Waals surface area contributed by atoms with Gasteiger partial charge in [-0.25, -0.2) is 0 Å². The maximum absolute atomic E-state index is 5.90. The van der Waals surface area contributed by atoms with E-state index in [9.17, 15) is 0 Å². The number of nitrogens with one attached hydrogen (secondary N) is 1. The Hall–Kier alpha value is -0.450. The summed E-state index contributed by atoms with van der Waals surface area (Å²) in [6.45, 7) is 4.62. The van der Waals surface area contributed by atoms with Gasteiger partial charge in [-0.05, 0) is 58.7 Å². The van der Waals surface area contributed by atoms with Gasteiger partial charge in [-0.15, -0.1) is 0 Å². The number of hydrazine groups is 1. The molecule has 20 heavy (non-hydrogen) atoms. The van der Waals surface area contributed by atoms with E-state index < -0.39 is 0 Å². The highest BCUT2D eigenvalue weighted by Gasteiger charge is 2.41. The molecule has 0 aromatic carbocycles. The average molecular weight is 340 g/mol. The van der Waals surface area contributed by atoms with Crippen molar-refractivity contribution in [1.82, 2.24) is 10.4 Å². The zero-order chi connectivity index (χ0) is 14.6. The Kier molecular flexibility index (Phi) is 5.58. The number of nitrogens with zero attached hydrogens (tertiary/aromatic N) is 1. The van der Waals surface area contributed by atoms with Gasteiger partial charge in [0.1, 0.15) is 0 Å². The standard InChI is InChI=1S/C16H26BrN3/c1-12(2)10-16(7-3-4-8-16)15(20-18)9-14-6-5-13(17)11-19-14/h5-6,11-12,15,20H,3-4,7-10,18H2,1-2H3. The van der Waals surface area contributed by atoms with Crippen molar-refractivity contribution in [3.05, 3.63) is 28.5 Å². The Bertz CT molecular complexity index is 410. The molecule has 0 aliphatic heterocycles. The SMILES string of the molecule is CC(C)CC1(C(Cc2ccc(Br)cn2)NN)CCCC1. The number of hydrogen-bond donors (Lipinski definition) is 2. The molecule has 1 fully saturated rings. The largest absolute Gasteiger partial charge is 0.271 e. The molecule has 0 spiro atoms. The Balaban J connectivity index is 2.14. The smallest absolute Gasteiger partial charge is 0.0420 e. The first-order chi connectivity index (χ1) is 9.55. The van der Waals surface area contributed by atoms with Gasteiger partial charge in [-0.2, -0.15) is 0 Å². The number of aromatic nitrogens is 1. The van der Waals surface area contributed by atoms with Crippen molar-refractivity contribution in [3.8, 4) is 0 Å². The van der Waals surface area contributed by atoms with Crippen molar-refractivity contribution in [2.75, 3.05) is 0 Å². The number of hydrogen-bond acceptors (Lipinski definition) is 3. The van der Waals surface area contributed by atoms with E-state index in [1.54, 1.807) is 0 Å². The van der Waals surface area contributed by atoms with Crippen LogP contribution in [-0.4, -0.2) is 11.0 Å². The van der Waals surface area contributed by atoms with Gasteiger partial charge in [-0.3, -0.25) is 16.3 Å². The van der Waals surface area contributed by atoms with Crippen LogP contribution >= 0.6 is 15.9 Å². The van der Waals surface area contributed by atoms with Crippen LogP contribution in [0.5, 0.6) is 0 Å². The van der Waals surface area contributed by atoms with Crippen LogP contribution in [0.4, 0.5) is 0 Å². The highest BCUT2D eigenvalue weighted by atomic mass is 79.9. The van der Waals surface area contributed by atoms with E-state index in [4.69, 9.17) is 5.84 Å². The molecule has 2 rings (SSSR count). The third-order valence-corrected chi connectivity index (χ3v) is 5.03. The van der Waals surface area contributed by atoms with Crippen LogP contribution in [0.3, 0.4) is 0 Å². The normalized spacial score (nSPS) is 19.4. The first-order valence-corrected chi connectivity index (χ1v) is 8.41. The monoisotopic (exact) mass is 339 g/mol. The average Bonchev–Trinajstić information content (AvgIpc) is 2.86. The second kappa shape index (κ2) is 7.01. The fourth-order valence-corrected chi connectivity index (χ4v) is 4.01. The van der Waals surface area contributed by atoms with Crippen LogP contribution in [0, 0.1) is 11.3 Å². The van der Waals surface area contributed by atoms with Gasteiger partial charge in [0.2, 0.25) is 0 Å². The van der Waals surface area contributed by atoms with E-state index in [0.29, 0.717) is 17.4 Å². The lowest BCUT2D eigenvalue weighted by Crippen LogP contribution is -2.49. The summed E-state index contributed by atoms with van der Waals surface area (Å²) >= 11 is 3.44. The molecule has 4 heteroatoms. The molecule has 1 aliphatic carbocycles. The molecular weight excluding hydrogens is 314 g/mol. The third-order valence-electron chi connectivity index (χ3n) is 4.56. The van der Waals surface area contributed by atoms with Gasteiger partial charge in [0, 0.05) is 28.8 Å². The second-order valence-electron chi connectivity index (χ2n) is 6.56. The summed E-state index contributed by atoms with van der Waals surface area (Å²) in [5.74, 6) is 6.61. The molecule has 0 bridgehead atoms. The Labute approximate surface area is 130 Å². The summed E-state index contributed by atoms with van der Waals surface area (Å²) in [7, 11) is 0. The third kappa shape index (κ3) is 3.80. The van der Waals surface area contributed by atoms with Gasteiger partial charge >= 0.3 is 0 Å². The molecule has 1 heterocycles. The first kappa shape index (κ1) is 15.9. The topological polar surface area (TPSA) is 50.9 Å². The molecule has 1 unspecified atom stereocenters. The van der Waals surface area contributed by atoms with Crippen LogP contribution in [-0.2, 0) is 6.42 Å². The zero-order valence-corrected chi connectivity index (χ0v) is 14.1. The van der Waals surface area contributed by atoms with E-state index in [1.807, 2.05) is 6.20 Å². The molecule has 3 N–H and O–H groups in total. The summed E-state index contributed by atoms with van der Waals surface area (Å²) in [5, 5.41) is 0. The highest BCUT2D eigenvalue weighted by Crippen LogP contribution is 2.46. The van der Waals surface area contributed by atoms with Crippen molar-refractivity contribution in [2.45, 2.75) is 58.4 Å². The quantitative estimate of drug-likeness (QED) is 0.611. The molecule has 1 aliphatic rings. The van der Waals surface area contributed by atoms with Crippen LogP contribution < -0.4 is 11.3 Å². The van der Waals surface area contributed by atoms with E-state index in [1.165, 1.54) is 32.1 Å². The molecule has 1 saturated carbocycles. The number of pyridine rings is 1. The molecule has 0 radical (unpaired) electrons. The molecule has 1 aromatic heterocycles. The Morgan fingerprint density at radius 1 is 1.35 bits per heavy atom. The molecule has 3 nitrogen and oxygen atoms in total. The first-order valence-electron chi connectivity index (χ1n) is 7.62. The Morgan fingerprint density at radius 2 is 2.05 bits per heavy atom. The van der Waals surface area contributed by atoms with Gasteiger partial charge in [-0.1, -0.05) is 26.7 Å². The lowest BCUT2D eigenvalue weighted by Gasteiger charge is -2.38. The summed E-state index contributed by atoms with van der Waals surface area (Å²) in [6.07, 6.45) is 9.27. The van der Waals surface area contributed by atoms with Crippen LogP contribution in [0.1, 0.15) is 51.6 Å². The summed E-state index contributed by atoms with van der Waals surface area (Å²) in [6, 6.07) is 4.47. The number of rotatable bonds is 6. The summed E-state index contributed by atoms with van der Waals surface area (Å²) < 4.78 is 1.02. The lowest BCUT2D eigenvalue weighted by atomic mass is 9.71. The molecule has 112 valence electrons. The lowest BCUT2D eigenvalue weighted by molar-refractivity contribution is 0.153. The summed E-state index contributed by atoms with van der Waals surface area (Å²) in [5.41, 5.74) is 4.56. The summed E-state index contributed by atoms with van der Waals surface area (Å²) in [4.78, 5) is 4.51. The predicted octanol–water partition coefficient (Wildman–Crippen LogP) is 3.83. The zero-order valence-electron chi connectivity index (χ0n) is 12.5. The molecule has 0 saturated heterocycles. The van der Waals surface area contributed by atoms with E-state index in [0.717, 1.165) is 16.6 Å². The molecular formula is C16H26BrN3. The van der Waals surface area contributed by atoms with E-state index in [2.05, 4.69) is 52.3 Å². The Morgan fingerprint density at radius 3 is 2.55 bits per heavy atom. The molecule has 0 amide bonds. The maximum atomic E-state index is 5.90. The van der Waals surface area contributed by atoms with Gasteiger partial charge < -0.3 is 0 Å². The minimum Gasteiger partial charge on any atom is -0.271 e. The van der Waals surface area contributed by atoms with Crippen LogP contribution in [0.25, 0.3) is 0 Å². The number of nitrogens with two attached hydrogens (primary N) is 1.